The summed E-state index contributed by atoms with van der Waals surface area (Å²) in [6.07, 6.45) is -0.238. The molecule has 0 bridgehead atoms. The molecule has 6 nitrogen and oxygen atoms in total. The fraction of sp³-hybridized carbons (Fsp3) is 0.769. The summed E-state index contributed by atoms with van der Waals surface area (Å²) in [4.78, 5) is 18.0. The SMILES string of the molecule is CC(C)(C)OC(=O)N1C[C@@H]2[C@H](C1)[C@H]2c1noc(CCl)n1. The van der Waals surface area contributed by atoms with Gasteiger partial charge in [0, 0.05) is 19.0 Å². The van der Waals surface area contributed by atoms with Crippen molar-refractivity contribution in [3.63, 3.8) is 0 Å². The Bertz CT molecular complexity index is 513. The van der Waals surface area contributed by atoms with Gasteiger partial charge in [0.2, 0.25) is 5.89 Å². The van der Waals surface area contributed by atoms with Crippen molar-refractivity contribution in [2.75, 3.05) is 13.1 Å². The molecule has 1 aromatic heterocycles. The normalized spacial score (nSPS) is 28.4. The number of fused-ring (bicyclic) bond motifs is 1. The molecule has 0 unspecified atom stereocenters. The number of hydrogen-bond acceptors (Lipinski definition) is 5. The van der Waals surface area contributed by atoms with Gasteiger partial charge in [0.15, 0.2) is 5.82 Å². The molecule has 7 heteroatoms. The van der Waals surface area contributed by atoms with Gasteiger partial charge in [0.1, 0.15) is 11.5 Å². The monoisotopic (exact) mass is 299 g/mol. The van der Waals surface area contributed by atoms with E-state index in [1.54, 1.807) is 4.90 Å². The molecular formula is C13H18ClN3O3. The molecule has 110 valence electrons. The van der Waals surface area contributed by atoms with Gasteiger partial charge in [-0.05, 0) is 32.6 Å². The van der Waals surface area contributed by atoms with Crippen LogP contribution in [-0.2, 0) is 10.6 Å². The molecule has 1 saturated heterocycles. The molecule has 0 radical (unpaired) electrons. The molecule has 3 atom stereocenters. The largest absolute Gasteiger partial charge is 0.444 e. The van der Waals surface area contributed by atoms with E-state index in [9.17, 15) is 4.79 Å². The standard InChI is InChI=1S/C13H18ClN3O3/c1-13(2,3)19-12(18)17-5-7-8(6-17)10(7)11-15-9(4-14)20-16-11/h7-8,10H,4-6H2,1-3H3/t7-,8+,10+. The minimum atomic E-state index is -0.452. The average Bonchev–Trinajstić information content (AvgIpc) is 2.80. The summed E-state index contributed by atoms with van der Waals surface area (Å²) in [6, 6.07) is 0. The summed E-state index contributed by atoms with van der Waals surface area (Å²) in [5.74, 6) is 2.55. The molecule has 1 aliphatic heterocycles. The Morgan fingerprint density at radius 2 is 2.10 bits per heavy atom. The van der Waals surface area contributed by atoms with Crippen molar-refractivity contribution in [3.05, 3.63) is 11.7 Å². The van der Waals surface area contributed by atoms with E-state index >= 15 is 0 Å². The first-order valence-corrected chi connectivity index (χ1v) is 7.29. The van der Waals surface area contributed by atoms with E-state index in [2.05, 4.69) is 10.1 Å². The summed E-state index contributed by atoms with van der Waals surface area (Å²) < 4.78 is 10.4. The second-order valence-electron chi connectivity index (χ2n) is 6.42. The number of hydrogen-bond donors (Lipinski definition) is 0. The predicted octanol–water partition coefficient (Wildman–Crippen LogP) is 2.39. The lowest BCUT2D eigenvalue weighted by atomic mass is 10.2. The number of rotatable bonds is 2. The van der Waals surface area contributed by atoms with Gasteiger partial charge < -0.3 is 14.2 Å². The van der Waals surface area contributed by atoms with Crippen LogP contribution in [0, 0.1) is 11.8 Å². The van der Waals surface area contributed by atoms with Crippen molar-refractivity contribution in [2.45, 2.75) is 38.2 Å². The van der Waals surface area contributed by atoms with Gasteiger partial charge in [-0.25, -0.2) is 4.79 Å². The summed E-state index contributed by atoms with van der Waals surface area (Å²) in [7, 11) is 0. The van der Waals surface area contributed by atoms with Crippen LogP contribution in [0.15, 0.2) is 4.52 Å². The topological polar surface area (TPSA) is 68.5 Å². The van der Waals surface area contributed by atoms with Gasteiger partial charge in [0.25, 0.3) is 0 Å². The van der Waals surface area contributed by atoms with Gasteiger partial charge in [0.05, 0.1) is 0 Å². The molecule has 0 spiro atoms. The van der Waals surface area contributed by atoms with Crippen LogP contribution in [-0.4, -0.2) is 39.8 Å². The van der Waals surface area contributed by atoms with Gasteiger partial charge in [-0.2, -0.15) is 4.98 Å². The number of amides is 1. The van der Waals surface area contributed by atoms with Crippen molar-refractivity contribution >= 4 is 17.7 Å². The molecule has 2 aliphatic rings. The Balaban J connectivity index is 1.56. The third-order valence-corrected chi connectivity index (χ3v) is 3.97. The zero-order chi connectivity index (χ0) is 14.5. The fourth-order valence-corrected chi connectivity index (χ4v) is 2.95. The van der Waals surface area contributed by atoms with E-state index in [4.69, 9.17) is 20.9 Å². The zero-order valence-electron chi connectivity index (χ0n) is 11.8. The lowest BCUT2D eigenvalue weighted by Gasteiger charge is -2.25. The average molecular weight is 300 g/mol. The fourth-order valence-electron chi connectivity index (χ4n) is 2.84. The van der Waals surface area contributed by atoms with E-state index in [-0.39, 0.29) is 12.0 Å². The highest BCUT2D eigenvalue weighted by Crippen LogP contribution is 2.57. The smallest absolute Gasteiger partial charge is 0.410 e. The number of alkyl halides is 1. The molecule has 2 heterocycles. The van der Waals surface area contributed by atoms with E-state index in [1.807, 2.05) is 20.8 Å². The third-order valence-electron chi connectivity index (χ3n) is 3.74. The summed E-state index contributed by atoms with van der Waals surface area (Å²) in [6.45, 7) is 7.02. The summed E-state index contributed by atoms with van der Waals surface area (Å²) in [5.41, 5.74) is -0.452. The first kappa shape index (κ1) is 13.7. The number of nitrogens with zero attached hydrogens (tertiary/aromatic N) is 3. The van der Waals surface area contributed by atoms with Crippen LogP contribution in [0.1, 0.15) is 38.4 Å². The van der Waals surface area contributed by atoms with Gasteiger partial charge in [-0.3, -0.25) is 0 Å². The minimum absolute atomic E-state index is 0.235. The first-order valence-electron chi connectivity index (χ1n) is 6.75. The predicted molar refractivity (Wildman–Crippen MR) is 71.4 cm³/mol. The van der Waals surface area contributed by atoms with Gasteiger partial charge in [-0.15, -0.1) is 11.6 Å². The summed E-state index contributed by atoms with van der Waals surface area (Å²) >= 11 is 5.65. The van der Waals surface area contributed by atoms with E-state index in [1.165, 1.54) is 0 Å². The van der Waals surface area contributed by atoms with Crippen LogP contribution >= 0.6 is 11.6 Å². The molecule has 0 N–H and O–H groups in total. The number of aromatic nitrogens is 2. The molecule has 1 amide bonds. The zero-order valence-corrected chi connectivity index (χ0v) is 12.6. The number of halogens is 1. The number of piperidine rings is 1. The number of carbonyl (C=O) groups excluding carboxylic acids is 1. The lowest BCUT2D eigenvalue weighted by Crippen LogP contribution is -2.36. The number of carbonyl (C=O) groups is 1. The van der Waals surface area contributed by atoms with E-state index in [0.29, 0.717) is 36.7 Å². The van der Waals surface area contributed by atoms with Crippen molar-refractivity contribution in [1.82, 2.24) is 15.0 Å². The molecular weight excluding hydrogens is 282 g/mol. The van der Waals surface area contributed by atoms with Crippen LogP contribution in [0.2, 0.25) is 0 Å². The summed E-state index contributed by atoms with van der Waals surface area (Å²) in [5, 5.41) is 3.96. The second-order valence-corrected chi connectivity index (χ2v) is 6.69. The first-order chi connectivity index (χ1) is 9.39. The maximum absolute atomic E-state index is 12.0. The highest BCUT2D eigenvalue weighted by molar-refractivity contribution is 6.16. The number of ether oxygens (including phenoxy) is 1. The van der Waals surface area contributed by atoms with Crippen LogP contribution in [0.5, 0.6) is 0 Å². The molecule has 2 fully saturated rings. The van der Waals surface area contributed by atoms with Crippen molar-refractivity contribution in [2.24, 2.45) is 11.8 Å². The molecule has 1 aromatic rings. The Kier molecular flexibility index (Phi) is 3.16. The van der Waals surface area contributed by atoms with Crippen LogP contribution in [0.4, 0.5) is 4.79 Å². The molecule has 20 heavy (non-hydrogen) atoms. The van der Waals surface area contributed by atoms with E-state index < -0.39 is 5.60 Å². The van der Waals surface area contributed by atoms with Crippen LogP contribution in [0.25, 0.3) is 0 Å². The Labute approximate surface area is 122 Å². The molecule has 0 aromatic carbocycles. The van der Waals surface area contributed by atoms with Crippen molar-refractivity contribution < 1.29 is 14.1 Å². The molecule has 1 saturated carbocycles. The van der Waals surface area contributed by atoms with Gasteiger partial charge in [-0.1, -0.05) is 5.16 Å². The van der Waals surface area contributed by atoms with E-state index in [0.717, 1.165) is 5.82 Å². The maximum Gasteiger partial charge on any atom is 0.410 e. The Morgan fingerprint density at radius 3 is 2.60 bits per heavy atom. The quantitative estimate of drug-likeness (QED) is 0.784. The minimum Gasteiger partial charge on any atom is -0.444 e. The highest BCUT2D eigenvalue weighted by Gasteiger charge is 2.59. The lowest BCUT2D eigenvalue weighted by molar-refractivity contribution is 0.0270. The maximum atomic E-state index is 12.0. The Hall–Kier alpha value is -1.30. The number of likely N-dealkylation sites (tertiary alicyclic amines) is 1. The second kappa shape index (κ2) is 4.62. The molecule has 1 aliphatic carbocycles. The van der Waals surface area contributed by atoms with Crippen LogP contribution < -0.4 is 0 Å². The highest BCUT2D eigenvalue weighted by atomic mass is 35.5. The van der Waals surface area contributed by atoms with Gasteiger partial charge >= 0.3 is 6.09 Å². The van der Waals surface area contributed by atoms with Crippen molar-refractivity contribution in [3.8, 4) is 0 Å². The molecule has 3 rings (SSSR count). The Morgan fingerprint density at radius 1 is 1.45 bits per heavy atom. The third kappa shape index (κ3) is 2.49. The van der Waals surface area contributed by atoms with Crippen molar-refractivity contribution in [1.29, 1.82) is 0 Å². The van der Waals surface area contributed by atoms with Crippen LogP contribution in [0.3, 0.4) is 0 Å².